The second-order valence-electron chi connectivity index (χ2n) is 3.61. The summed E-state index contributed by atoms with van der Waals surface area (Å²) in [6.07, 6.45) is 0.606. The molecule has 1 aromatic carbocycles. The van der Waals surface area contributed by atoms with Crippen LogP contribution in [-0.2, 0) is 4.74 Å². The lowest BCUT2D eigenvalue weighted by atomic mass is 9.99. The Hall–Kier alpha value is -1.60. The summed E-state index contributed by atoms with van der Waals surface area (Å²) >= 11 is 0. The molecule has 16 heavy (non-hydrogen) atoms. The molecule has 0 aliphatic carbocycles. The van der Waals surface area contributed by atoms with Crippen molar-refractivity contribution < 1.29 is 9.13 Å². The molecule has 1 aromatic rings. The molecule has 86 valence electrons. The number of hydrogen-bond donors (Lipinski definition) is 1. The minimum absolute atomic E-state index is 0.289. The van der Waals surface area contributed by atoms with E-state index in [1.165, 1.54) is 12.1 Å². The second kappa shape index (κ2) is 5.47. The van der Waals surface area contributed by atoms with Crippen molar-refractivity contribution in [2.45, 2.75) is 18.9 Å². The normalized spacial score (nSPS) is 13.9. The summed E-state index contributed by atoms with van der Waals surface area (Å²) in [4.78, 5) is 0. The molecular weight excluding hydrogens is 207 g/mol. The van der Waals surface area contributed by atoms with Gasteiger partial charge in [0.2, 0.25) is 0 Å². The van der Waals surface area contributed by atoms with E-state index in [-0.39, 0.29) is 12.4 Å². The van der Waals surface area contributed by atoms with Gasteiger partial charge >= 0.3 is 0 Å². The number of nitriles is 1. The van der Waals surface area contributed by atoms with Crippen molar-refractivity contribution in [2.75, 3.05) is 19.0 Å². The molecule has 0 radical (unpaired) electrons. The highest BCUT2D eigenvalue weighted by Gasteiger charge is 2.27. The molecule has 3 nitrogen and oxygen atoms in total. The molecule has 0 heterocycles. The van der Waals surface area contributed by atoms with Crippen molar-refractivity contribution in [3.63, 3.8) is 0 Å². The first-order valence-corrected chi connectivity index (χ1v) is 5.10. The van der Waals surface area contributed by atoms with Crippen LogP contribution in [0.5, 0.6) is 0 Å². The molecule has 1 atom stereocenters. The number of halogens is 1. The average molecular weight is 222 g/mol. The van der Waals surface area contributed by atoms with Crippen LogP contribution in [0.1, 0.15) is 13.3 Å². The predicted octanol–water partition coefficient (Wildman–Crippen LogP) is 2.56. The first-order valence-electron chi connectivity index (χ1n) is 5.10. The average Bonchev–Trinajstić information content (AvgIpc) is 2.31. The number of nitrogens with one attached hydrogen (secondary N) is 1. The van der Waals surface area contributed by atoms with Crippen LogP contribution in [-0.4, -0.2) is 19.3 Å². The Labute approximate surface area is 94.8 Å². The van der Waals surface area contributed by atoms with E-state index in [1.807, 2.05) is 6.92 Å². The zero-order valence-electron chi connectivity index (χ0n) is 9.46. The van der Waals surface area contributed by atoms with Gasteiger partial charge in [0.15, 0.2) is 0 Å². The number of hydrogen-bond acceptors (Lipinski definition) is 3. The van der Waals surface area contributed by atoms with Gasteiger partial charge in [-0.2, -0.15) is 5.26 Å². The van der Waals surface area contributed by atoms with E-state index >= 15 is 0 Å². The van der Waals surface area contributed by atoms with Gasteiger partial charge in [-0.05, 0) is 30.7 Å². The van der Waals surface area contributed by atoms with Crippen molar-refractivity contribution in [1.82, 2.24) is 0 Å². The number of anilines is 1. The van der Waals surface area contributed by atoms with Gasteiger partial charge in [-0.1, -0.05) is 6.92 Å². The lowest BCUT2D eigenvalue weighted by molar-refractivity contribution is 0.162. The van der Waals surface area contributed by atoms with Crippen molar-refractivity contribution in [2.24, 2.45) is 0 Å². The molecule has 0 saturated carbocycles. The third kappa shape index (κ3) is 2.94. The maximum Gasteiger partial charge on any atom is 0.148 e. The van der Waals surface area contributed by atoms with Gasteiger partial charge in [0.05, 0.1) is 12.7 Å². The van der Waals surface area contributed by atoms with Gasteiger partial charge in [0.25, 0.3) is 0 Å². The summed E-state index contributed by atoms with van der Waals surface area (Å²) in [5, 5.41) is 12.2. The van der Waals surface area contributed by atoms with Crippen molar-refractivity contribution in [1.29, 1.82) is 5.26 Å². The second-order valence-corrected chi connectivity index (χ2v) is 3.61. The first-order chi connectivity index (χ1) is 7.65. The summed E-state index contributed by atoms with van der Waals surface area (Å²) in [5.41, 5.74) is -0.0473. The minimum Gasteiger partial charge on any atom is -0.381 e. The molecule has 4 heteroatoms. The number of methoxy groups -OCH3 is 1. The fourth-order valence-corrected chi connectivity index (χ4v) is 1.42. The topological polar surface area (TPSA) is 45.0 Å². The van der Waals surface area contributed by atoms with Gasteiger partial charge < -0.3 is 10.1 Å². The zero-order chi connectivity index (χ0) is 12.0. The van der Waals surface area contributed by atoms with Gasteiger partial charge in [-0.3, -0.25) is 0 Å². The highest BCUT2D eigenvalue weighted by atomic mass is 19.1. The smallest absolute Gasteiger partial charge is 0.148 e. The Morgan fingerprint density at radius 3 is 2.50 bits per heavy atom. The molecule has 0 aliphatic heterocycles. The van der Waals surface area contributed by atoms with E-state index < -0.39 is 5.54 Å². The van der Waals surface area contributed by atoms with Crippen LogP contribution in [0, 0.1) is 17.1 Å². The SMILES string of the molecule is CCC(C#N)(COC)Nc1ccc(F)cc1. The molecule has 1 rings (SSSR count). The van der Waals surface area contributed by atoms with Gasteiger partial charge in [0.1, 0.15) is 11.4 Å². The Balaban J connectivity index is 2.83. The van der Waals surface area contributed by atoms with Gasteiger partial charge in [-0.25, -0.2) is 4.39 Å². The first kappa shape index (κ1) is 12.5. The lowest BCUT2D eigenvalue weighted by Crippen LogP contribution is -2.40. The maximum atomic E-state index is 12.7. The van der Waals surface area contributed by atoms with Crippen LogP contribution >= 0.6 is 0 Å². The van der Waals surface area contributed by atoms with E-state index in [0.717, 1.165) is 0 Å². The van der Waals surface area contributed by atoms with E-state index in [1.54, 1.807) is 19.2 Å². The van der Waals surface area contributed by atoms with Crippen LogP contribution in [0.25, 0.3) is 0 Å². The Kier molecular flexibility index (Phi) is 4.27. The molecule has 0 aliphatic rings. The summed E-state index contributed by atoms with van der Waals surface area (Å²) < 4.78 is 17.7. The monoisotopic (exact) mass is 222 g/mol. The molecular formula is C12H15FN2O. The third-order valence-electron chi connectivity index (χ3n) is 2.44. The van der Waals surface area contributed by atoms with Crippen LogP contribution in [0.15, 0.2) is 24.3 Å². The van der Waals surface area contributed by atoms with Gasteiger partial charge in [0, 0.05) is 12.8 Å². The lowest BCUT2D eigenvalue weighted by Gasteiger charge is -2.26. The highest BCUT2D eigenvalue weighted by molar-refractivity contribution is 5.47. The van der Waals surface area contributed by atoms with Crippen molar-refractivity contribution in [3.8, 4) is 6.07 Å². The van der Waals surface area contributed by atoms with Crippen LogP contribution < -0.4 is 5.32 Å². The van der Waals surface area contributed by atoms with Crippen LogP contribution in [0.2, 0.25) is 0 Å². The predicted molar refractivity (Wildman–Crippen MR) is 60.5 cm³/mol. The maximum absolute atomic E-state index is 12.7. The molecule has 0 aromatic heterocycles. The van der Waals surface area contributed by atoms with Crippen molar-refractivity contribution in [3.05, 3.63) is 30.1 Å². The summed E-state index contributed by atoms with van der Waals surface area (Å²) in [6.45, 7) is 2.19. The Morgan fingerprint density at radius 2 is 2.06 bits per heavy atom. The third-order valence-corrected chi connectivity index (χ3v) is 2.44. The summed E-state index contributed by atoms with van der Waals surface area (Å²) in [6, 6.07) is 8.12. The minimum atomic E-state index is -0.757. The molecule has 0 spiro atoms. The molecule has 1 N–H and O–H groups in total. The number of nitrogens with zero attached hydrogens (tertiary/aromatic N) is 1. The Bertz CT molecular complexity index is 372. The fraction of sp³-hybridized carbons (Fsp3) is 0.417. The molecule has 0 saturated heterocycles. The quantitative estimate of drug-likeness (QED) is 0.832. The van der Waals surface area contributed by atoms with E-state index in [2.05, 4.69) is 11.4 Å². The molecule has 0 bridgehead atoms. The summed E-state index contributed by atoms with van der Waals surface area (Å²) in [5.74, 6) is -0.295. The van der Waals surface area contributed by atoms with E-state index in [9.17, 15) is 4.39 Å². The zero-order valence-corrected chi connectivity index (χ0v) is 9.46. The van der Waals surface area contributed by atoms with Gasteiger partial charge in [-0.15, -0.1) is 0 Å². The molecule has 0 amide bonds. The molecule has 1 unspecified atom stereocenters. The number of ether oxygens (including phenoxy) is 1. The number of benzene rings is 1. The van der Waals surface area contributed by atoms with E-state index in [4.69, 9.17) is 10.00 Å². The summed E-state index contributed by atoms with van der Waals surface area (Å²) in [7, 11) is 1.55. The Morgan fingerprint density at radius 1 is 1.44 bits per heavy atom. The number of rotatable bonds is 5. The fourth-order valence-electron chi connectivity index (χ4n) is 1.42. The van der Waals surface area contributed by atoms with Crippen LogP contribution in [0.3, 0.4) is 0 Å². The largest absolute Gasteiger partial charge is 0.381 e. The van der Waals surface area contributed by atoms with E-state index in [0.29, 0.717) is 12.1 Å². The molecule has 0 fully saturated rings. The standard InChI is InChI=1S/C12H15FN2O/c1-3-12(8-14,9-16-2)15-11-6-4-10(13)5-7-11/h4-7,15H,3,9H2,1-2H3. The van der Waals surface area contributed by atoms with Crippen LogP contribution in [0.4, 0.5) is 10.1 Å². The highest BCUT2D eigenvalue weighted by Crippen LogP contribution is 2.19. The van der Waals surface area contributed by atoms with Crippen molar-refractivity contribution >= 4 is 5.69 Å².